The number of aryl methyl sites for hydroxylation is 1. The molecule has 0 saturated carbocycles. The Morgan fingerprint density at radius 2 is 2.00 bits per heavy atom. The maximum Gasteiger partial charge on any atom is 0.248 e. The summed E-state index contributed by atoms with van der Waals surface area (Å²) in [5.41, 5.74) is 3.11. The van der Waals surface area contributed by atoms with Gasteiger partial charge in [0.25, 0.3) is 0 Å². The van der Waals surface area contributed by atoms with Gasteiger partial charge in [0.2, 0.25) is 5.91 Å². The SMILES string of the molecule is Cc1cc(N2CCN(C)CC2)ccc1NC(=O)/C=C/c1ccco1. The summed E-state index contributed by atoms with van der Waals surface area (Å²) < 4.78 is 5.17. The summed E-state index contributed by atoms with van der Waals surface area (Å²) in [5, 5.41) is 2.92. The zero-order chi connectivity index (χ0) is 16.9. The standard InChI is InChI=1S/C19H23N3O2/c1-15-14-16(22-11-9-21(2)10-12-22)5-7-18(15)20-19(23)8-6-17-4-3-13-24-17/h3-8,13-14H,9-12H2,1-2H3,(H,20,23)/b8-6+. The number of piperazine rings is 1. The number of furan rings is 1. The van der Waals surface area contributed by atoms with Crippen LogP contribution in [0.3, 0.4) is 0 Å². The van der Waals surface area contributed by atoms with Gasteiger partial charge in [-0.1, -0.05) is 0 Å². The number of benzene rings is 1. The van der Waals surface area contributed by atoms with E-state index >= 15 is 0 Å². The average Bonchev–Trinajstić information content (AvgIpc) is 3.09. The van der Waals surface area contributed by atoms with E-state index in [0.717, 1.165) is 37.4 Å². The van der Waals surface area contributed by atoms with Crippen molar-refractivity contribution in [3.05, 3.63) is 54.0 Å². The molecule has 1 aromatic heterocycles. The van der Waals surface area contributed by atoms with Crippen LogP contribution in [-0.2, 0) is 4.79 Å². The fraction of sp³-hybridized carbons (Fsp3) is 0.316. The first-order chi connectivity index (χ1) is 11.6. The van der Waals surface area contributed by atoms with Gasteiger partial charge >= 0.3 is 0 Å². The Kier molecular flexibility index (Phi) is 5.01. The van der Waals surface area contributed by atoms with Gasteiger partial charge in [-0.3, -0.25) is 4.79 Å². The van der Waals surface area contributed by atoms with Crippen molar-refractivity contribution in [3.8, 4) is 0 Å². The molecule has 2 heterocycles. The third kappa shape index (κ3) is 4.06. The van der Waals surface area contributed by atoms with Crippen LogP contribution in [0, 0.1) is 6.92 Å². The van der Waals surface area contributed by atoms with Crippen molar-refractivity contribution in [1.29, 1.82) is 0 Å². The Hall–Kier alpha value is -2.53. The van der Waals surface area contributed by atoms with E-state index in [1.165, 1.54) is 11.8 Å². The first-order valence-electron chi connectivity index (χ1n) is 8.18. The fourth-order valence-corrected chi connectivity index (χ4v) is 2.77. The van der Waals surface area contributed by atoms with Gasteiger partial charge in [-0.25, -0.2) is 0 Å². The second-order valence-corrected chi connectivity index (χ2v) is 6.13. The zero-order valence-electron chi connectivity index (χ0n) is 14.2. The summed E-state index contributed by atoms with van der Waals surface area (Å²) in [4.78, 5) is 16.7. The summed E-state index contributed by atoms with van der Waals surface area (Å²) in [6.45, 7) is 6.25. The zero-order valence-corrected chi connectivity index (χ0v) is 14.2. The van der Waals surface area contributed by atoms with E-state index in [1.54, 1.807) is 24.5 Å². The van der Waals surface area contributed by atoms with Crippen molar-refractivity contribution in [2.45, 2.75) is 6.92 Å². The summed E-state index contributed by atoms with van der Waals surface area (Å²) in [5.74, 6) is 0.495. The number of nitrogens with zero attached hydrogens (tertiary/aromatic N) is 2. The molecule has 1 aliphatic heterocycles. The summed E-state index contributed by atoms with van der Waals surface area (Å²) in [6, 6.07) is 9.78. The second-order valence-electron chi connectivity index (χ2n) is 6.13. The van der Waals surface area contributed by atoms with Crippen molar-refractivity contribution < 1.29 is 9.21 Å². The van der Waals surface area contributed by atoms with Gasteiger partial charge in [-0.2, -0.15) is 0 Å². The largest absolute Gasteiger partial charge is 0.465 e. The van der Waals surface area contributed by atoms with Crippen LogP contribution in [0.2, 0.25) is 0 Å². The molecule has 1 fully saturated rings. The van der Waals surface area contributed by atoms with E-state index in [1.807, 2.05) is 13.0 Å². The molecule has 24 heavy (non-hydrogen) atoms. The van der Waals surface area contributed by atoms with Gasteiger partial charge in [0.05, 0.1) is 6.26 Å². The van der Waals surface area contributed by atoms with Crippen molar-refractivity contribution in [2.75, 3.05) is 43.4 Å². The molecule has 1 N–H and O–H groups in total. The van der Waals surface area contributed by atoms with Gasteiger partial charge in [-0.15, -0.1) is 0 Å². The highest BCUT2D eigenvalue weighted by atomic mass is 16.3. The van der Waals surface area contributed by atoms with E-state index < -0.39 is 0 Å². The van der Waals surface area contributed by atoms with Gasteiger partial charge in [0.15, 0.2) is 0 Å². The van der Waals surface area contributed by atoms with Crippen molar-refractivity contribution in [2.24, 2.45) is 0 Å². The lowest BCUT2D eigenvalue weighted by Gasteiger charge is -2.34. The predicted molar refractivity (Wildman–Crippen MR) is 97.3 cm³/mol. The molecule has 0 aliphatic carbocycles. The van der Waals surface area contributed by atoms with E-state index in [-0.39, 0.29) is 5.91 Å². The lowest BCUT2D eigenvalue weighted by Crippen LogP contribution is -2.44. The molecular weight excluding hydrogens is 302 g/mol. The molecule has 0 unspecified atom stereocenters. The van der Waals surface area contributed by atoms with E-state index in [9.17, 15) is 4.79 Å². The van der Waals surface area contributed by atoms with E-state index in [2.05, 4.69) is 34.3 Å². The molecule has 0 radical (unpaired) electrons. The van der Waals surface area contributed by atoms with Gasteiger partial charge < -0.3 is 19.5 Å². The minimum Gasteiger partial charge on any atom is -0.465 e. The van der Waals surface area contributed by atoms with Crippen LogP contribution in [0.25, 0.3) is 6.08 Å². The maximum atomic E-state index is 12.0. The van der Waals surface area contributed by atoms with E-state index in [4.69, 9.17) is 4.42 Å². The highest BCUT2D eigenvalue weighted by Crippen LogP contribution is 2.23. The smallest absolute Gasteiger partial charge is 0.248 e. The molecule has 3 rings (SSSR count). The average molecular weight is 325 g/mol. The number of rotatable bonds is 4. The minimum atomic E-state index is -0.165. The molecule has 1 aromatic carbocycles. The monoisotopic (exact) mass is 325 g/mol. The number of anilines is 2. The second kappa shape index (κ2) is 7.36. The quantitative estimate of drug-likeness (QED) is 0.878. The topological polar surface area (TPSA) is 48.7 Å². The Morgan fingerprint density at radius 3 is 2.67 bits per heavy atom. The molecule has 0 bridgehead atoms. The highest BCUT2D eigenvalue weighted by molar-refractivity contribution is 6.02. The van der Waals surface area contributed by atoms with Crippen molar-refractivity contribution in [1.82, 2.24) is 4.90 Å². The van der Waals surface area contributed by atoms with Crippen LogP contribution in [0.5, 0.6) is 0 Å². The van der Waals surface area contributed by atoms with Crippen molar-refractivity contribution >= 4 is 23.4 Å². The van der Waals surface area contributed by atoms with E-state index in [0.29, 0.717) is 5.76 Å². The molecule has 2 aromatic rings. The predicted octanol–water partition coefficient (Wildman–Crippen LogP) is 2.99. The Morgan fingerprint density at radius 1 is 1.21 bits per heavy atom. The van der Waals surface area contributed by atoms with Crippen LogP contribution < -0.4 is 10.2 Å². The highest BCUT2D eigenvalue weighted by Gasteiger charge is 2.15. The molecule has 0 atom stereocenters. The molecule has 1 saturated heterocycles. The van der Waals surface area contributed by atoms with Gasteiger partial charge in [-0.05, 0) is 55.9 Å². The number of carbonyl (C=O) groups excluding carboxylic acids is 1. The van der Waals surface area contributed by atoms with Crippen LogP contribution in [0.1, 0.15) is 11.3 Å². The summed E-state index contributed by atoms with van der Waals surface area (Å²) in [7, 11) is 2.15. The Balaban J connectivity index is 1.63. The number of hydrogen-bond acceptors (Lipinski definition) is 4. The number of nitrogens with one attached hydrogen (secondary N) is 1. The third-order valence-electron chi connectivity index (χ3n) is 4.28. The minimum absolute atomic E-state index is 0.165. The Labute approximate surface area is 142 Å². The van der Waals surface area contributed by atoms with Crippen LogP contribution in [0.15, 0.2) is 47.1 Å². The lowest BCUT2D eigenvalue weighted by atomic mass is 10.1. The summed E-state index contributed by atoms with van der Waals surface area (Å²) >= 11 is 0. The number of carbonyl (C=O) groups is 1. The molecule has 1 aliphatic rings. The Bertz CT molecular complexity index is 714. The van der Waals surface area contributed by atoms with Crippen LogP contribution >= 0.6 is 0 Å². The first kappa shape index (κ1) is 16.3. The maximum absolute atomic E-state index is 12.0. The molecule has 1 amide bonds. The molecular formula is C19H23N3O2. The number of hydrogen-bond donors (Lipinski definition) is 1. The molecule has 5 nitrogen and oxygen atoms in total. The molecule has 0 spiro atoms. The number of likely N-dealkylation sites (N-methyl/N-ethyl adjacent to an activating group) is 1. The fourth-order valence-electron chi connectivity index (χ4n) is 2.77. The van der Waals surface area contributed by atoms with Crippen molar-refractivity contribution in [3.63, 3.8) is 0 Å². The van der Waals surface area contributed by atoms with Crippen LogP contribution in [-0.4, -0.2) is 44.0 Å². The van der Waals surface area contributed by atoms with Gasteiger partial charge in [0.1, 0.15) is 5.76 Å². The lowest BCUT2D eigenvalue weighted by molar-refractivity contribution is -0.111. The molecule has 126 valence electrons. The molecule has 5 heteroatoms. The van der Waals surface area contributed by atoms with Crippen LogP contribution in [0.4, 0.5) is 11.4 Å². The third-order valence-corrected chi connectivity index (χ3v) is 4.28. The first-order valence-corrected chi connectivity index (χ1v) is 8.18. The summed E-state index contributed by atoms with van der Waals surface area (Å²) in [6.07, 6.45) is 4.72. The van der Waals surface area contributed by atoms with Gasteiger partial charge in [0, 0.05) is 43.6 Å². The normalized spacial score (nSPS) is 15.8. The number of amides is 1.